The van der Waals surface area contributed by atoms with E-state index in [0.717, 1.165) is 17.8 Å². The average molecular weight is 569 g/mol. The van der Waals surface area contributed by atoms with Gasteiger partial charge in [0, 0.05) is 35.8 Å². The molecule has 14 heteroatoms. The second-order valence-electron chi connectivity index (χ2n) is 8.60. The van der Waals surface area contributed by atoms with Gasteiger partial charge in [-0.1, -0.05) is 0 Å². The SMILES string of the molecule is COc1ncc(-c2ccc3ncc(OCCn4ccc(C)n4)c(=O)n3c2)cc1NS(=O)(=O)c1ccc(F)cc1F. The number of nitrogens with one attached hydrogen (secondary N) is 1. The van der Waals surface area contributed by atoms with E-state index in [1.54, 1.807) is 16.8 Å². The molecule has 0 fully saturated rings. The van der Waals surface area contributed by atoms with Crippen molar-refractivity contribution in [1.82, 2.24) is 24.1 Å². The maximum Gasteiger partial charge on any atom is 0.300 e. The molecule has 1 aromatic carbocycles. The monoisotopic (exact) mass is 568 g/mol. The van der Waals surface area contributed by atoms with Crippen LogP contribution in [0.15, 0.2) is 76.9 Å². The Morgan fingerprint density at radius 3 is 2.58 bits per heavy atom. The molecule has 206 valence electrons. The van der Waals surface area contributed by atoms with E-state index in [2.05, 4.69) is 19.8 Å². The number of hydrogen-bond acceptors (Lipinski definition) is 8. The van der Waals surface area contributed by atoms with Gasteiger partial charge in [0.15, 0.2) is 0 Å². The number of ether oxygens (including phenoxy) is 2. The van der Waals surface area contributed by atoms with Crippen LogP contribution >= 0.6 is 0 Å². The van der Waals surface area contributed by atoms with Crippen molar-refractivity contribution in [1.29, 1.82) is 0 Å². The first kappa shape index (κ1) is 26.7. The predicted molar refractivity (Wildman–Crippen MR) is 141 cm³/mol. The zero-order valence-electron chi connectivity index (χ0n) is 21.2. The molecular weight excluding hydrogens is 546 g/mol. The summed E-state index contributed by atoms with van der Waals surface area (Å²) in [6, 6.07) is 8.67. The number of nitrogens with zero attached hydrogens (tertiary/aromatic N) is 5. The van der Waals surface area contributed by atoms with E-state index in [4.69, 9.17) is 9.47 Å². The summed E-state index contributed by atoms with van der Waals surface area (Å²) in [7, 11) is -3.18. The summed E-state index contributed by atoms with van der Waals surface area (Å²) in [5, 5.41) is 4.27. The van der Waals surface area contributed by atoms with Crippen molar-refractivity contribution in [3.8, 4) is 22.8 Å². The Morgan fingerprint density at radius 1 is 1.02 bits per heavy atom. The van der Waals surface area contributed by atoms with Gasteiger partial charge in [0.2, 0.25) is 11.6 Å². The van der Waals surface area contributed by atoms with Gasteiger partial charge < -0.3 is 9.47 Å². The molecule has 0 unspecified atom stereocenters. The molecule has 5 rings (SSSR count). The topological polar surface area (TPSA) is 130 Å². The van der Waals surface area contributed by atoms with Crippen LogP contribution in [0, 0.1) is 18.6 Å². The Hall–Kier alpha value is -4.85. The molecule has 0 saturated carbocycles. The van der Waals surface area contributed by atoms with Crippen LogP contribution in [-0.4, -0.2) is 46.3 Å². The van der Waals surface area contributed by atoms with E-state index in [9.17, 15) is 22.0 Å². The molecule has 0 aliphatic heterocycles. The number of methoxy groups -OCH3 is 1. The van der Waals surface area contributed by atoms with Crippen molar-refractivity contribution in [2.75, 3.05) is 18.4 Å². The maximum absolute atomic E-state index is 14.2. The number of aromatic nitrogens is 5. The van der Waals surface area contributed by atoms with Crippen molar-refractivity contribution in [3.63, 3.8) is 0 Å². The van der Waals surface area contributed by atoms with Gasteiger partial charge in [-0.25, -0.2) is 27.2 Å². The lowest BCUT2D eigenvalue weighted by Gasteiger charge is -2.13. The molecule has 11 nitrogen and oxygen atoms in total. The average Bonchev–Trinajstić information content (AvgIpc) is 3.34. The van der Waals surface area contributed by atoms with Crippen molar-refractivity contribution in [3.05, 3.63) is 94.9 Å². The first-order valence-corrected chi connectivity index (χ1v) is 13.3. The van der Waals surface area contributed by atoms with Crippen molar-refractivity contribution >= 4 is 21.4 Å². The summed E-state index contributed by atoms with van der Waals surface area (Å²) >= 11 is 0. The van der Waals surface area contributed by atoms with E-state index in [-0.39, 0.29) is 23.9 Å². The zero-order valence-corrected chi connectivity index (χ0v) is 22.0. The van der Waals surface area contributed by atoms with Crippen LogP contribution in [0.25, 0.3) is 16.8 Å². The largest absolute Gasteiger partial charge is 0.485 e. The molecular formula is C26H22F2N6O5S. The standard InChI is InChI=1S/C26H22F2N6O5S/c1-16-7-8-33(31-16)9-10-39-22-14-29-24-6-3-17(15-34(24)26(22)35)18-11-21(25(38-2)30-13-18)32-40(36,37)23-5-4-19(27)12-20(23)28/h3-8,11-15,32H,9-10H2,1-2H3. The highest BCUT2D eigenvalue weighted by Crippen LogP contribution is 2.30. The fraction of sp³-hybridized carbons (Fsp3) is 0.154. The Morgan fingerprint density at radius 2 is 1.85 bits per heavy atom. The molecule has 0 amide bonds. The van der Waals surface area contributed by atoms with Gasteiger partial charge in [-0.05, 0) is 43.3 Å². The lowest BCUT2D eigenvalue weighted by atomic mass is 10.1. The van der Waals surface area contributed by atoms with Crippen LogP contribution in [0.4, 0.5) is 14.5 Å². The molecule has 1 N–H and O–H groups in total. The molecule has 0 aliphatic rings. The molecule has 4 heterocycles. The van der Waals surface area contributed by atoms with Crippen molar-refractivity contribution in [2.24, 2.45) is 0 Å². The van der Waals surface area contributed by atoms with Crippen LogP contribution in [0.1, 0.15) is 5.69 Å². The number of benzene rings is 1. The highest BCUT2D eigenvalue weighted by Gasteiger charge is 2.22. The molecule has 5 aromatic rings. The molecule has 0 atom stereocenters. The van der Waals surface area contributed by atoms with Gasteiger partial charge in [-0.3, -0.25) is 18.6 Å². The summed E-state index contributed by atoms with van der Waals surface area (Å²) in [4.78, 5) is 20.8. The van der Waals surface area contributed by atoms with E-state index >= 15 is 0 Å². The normalized spacial score (nSPS) is 11.5. The summed E-state index contributed by atoms with van der Waals surface area (Å²) < 4.78 is 69.2. The first-order valence-electron chi connectivity index (χ1n) is 11.8. The van der Waals surface area contributed by atoms with Gasteiger partial charge in [-0.2, -0.15) is 5.10 Å². The summed E-state index contributed by atoms with van der Waals surface area (Å²) in [5.41, 5.74) is 1.58. The Bertz CT molecular complexity index is 1890. The third-order valence-corrected chi connectivity index (χ3v) is 7.23. The van der Waals surface area contributed by atoms with Crippen LogP contribution in [0.5, 0.6) is 11.6 Å². The molecule has 0 saturated heterocycles. The summed E-state index contributed by atoms with van der Waals surface area (Å²) in [6.07, 6.45) is 6.09. The Labute approximate surface area is 226 Å². The Balaban J connectivity index is 1.44. The molecule has 40 heavy (non-hydrogen) atoms. The van der Waals surface area contributed by atoms with Crippen LogP contribution in [0.3, 0.4) is 0 Å². The van der Waals surface area contributed by atoms with Gasteiger partial charge in [0.1, 0.15) is 34.5 Å². The minimum atomic E-state index is -4.47. The van der Waals surface area contributed by atoms with Crippen LogP contribution in [-0.2, 0) is 16.6 Å². The van der Waals surface area contributed by atoms with Crippen LogP contribution in [0.2, 0.25) is 0 Å². The lowest BCUT2D eigenvalue weighted by Crippen LogP contribution is -2.19. The maximum atomic E-state index is 14.2. The number of fused-ring (bicyclic) bond motifs is 1. The third kappa shape index (κ3) is 5.47. The van der Waals surface area contributed by atoms with E-state index in [1.165, 1.54) is 36.2 Å². The van der Waals surface area contributed by atoms with Crippen molar-refractivity contribution in [2.45, 2.75) is 18.4 Å². The third-order valence-electron chi connectivity index (χ3n) is 5.83. The number of halogens is 2. The summed E-state index contributed by atoms with van der Waals surface area (Å²) in [5.74, 6) is -2.21. The van der Waals surface area contributed by atoms with Gasteiger partial charge in [-0.15, -0.1) is 0 Å². The fourth-order valence-corrected chi connectivity index (χ4v) is 5.01. The highest BCUT2D eigenvalue weighted by molar-refractivity contribution is 7.92. The van der Waals surface area contributed by atoms with Crippen LogP contribution < -0.4 is 19.8 Å². The molecule has 0 spiro atoms. The zero-order chi connectivity index (χ0) is 28.4. The van der Waals surface area contributed by atoms with E-state index in [0.29, 0.717) is 29.4 Å². The number of pyridine rings is 2. The number of hydrogen-bond donors (Lipinski definition) is 1. The predicted octanol–water partition coefficient (Wildman–Crippen LogP) is 3.43. The number of sulfonamides is 1. The van der Waals surface area contributed by atoms with E-state index < -0.39 is 32.1 Å². The number of anilines is 1. The summed E-state index contributed by atoms with van der Waals surface area (Å²) in [6.45, 7) is 2.51. The quantitative estimate of drug-likeness (QED) is 0.286. The molecule has 0 radical (unpaired) electrons. The molecule has 0 bridgehead atoms. The number of aryl methyl sites for hydroxylation is 1. The Kier molecular flexibility index (Phi) is 7.17. The minimum absolute atomic E-state index is 0.0427. The van der Waals surface area contributed by atoms with Gasteiger partial charge >= 0.3 is 0 Å². The lowest BCUT2D eigenvalue weighted by molar-refractivity contribution is 0.286. The van der Waals surface area contributed by atoms with Crippen molar-refractivity contribution < 1.29 is 26.7 Å². The molecule has 4 aromatic heterocycles. The second-order valence-corrected chi connectivity index (χ2v) is 10.3. The first-order chi connectivity index (χ1) is 19.1. The number of rotatable bonds is 9. The smallest absolute Gasteiger partial charge is 0.300 e. The fourth-order valence-electron chi connectivity index (χ4n) is 3.90. The van der Waals surface area contributed by atoms with E-state index in [1.807, 2.05) is 19.2 Å². The van der Waals surface area contributed by atoms with Gasteiger partial charge in [0.25, 0.3) is 15.6 Å². The highest BCUT2D eigenvalue weighted by atomic mass is 32.2. The second kappa shape index (κ2) is 10.7. The van der Waals surface area contributed by atoms with Gasteiger partial charge in [0.05, 0.1) is 25.5 Å². The molecule has 0 aliphatic carbocycles. The minimum Gasteiger partial charge on any atom is -0.485 e.